The van der Waals surface area contributed by atoms with E-state index in [1.165, 1.54) is 0 Å². The molecule has 0 saturated carbocycles. The molecule has 1 rings (SSSR count). The van der Waals surface area contributed by atoms with Crippen LogP contribution < -0.4 is 5.56 Å². The molecule has 0 unspecified atom stereocenters. The van der Waals surface area contributed by atoms with Crippen LogP contribution in [0.15, 0.2) is 23.4 Å². The highest BCUT2D eigenvalue weighted by atomic mass is 19.4. The monoisotopic (exact) mass is 178 g/mol. The summed E-state index contributed by atoms with van der Waals surface area (Å²) in [6, 6.07) is 0.978. The van der Waals surface area contributed by atoms with Gasteiger partial charge in [-0.3, -0.25) is 9.36 Å². The van der Waals surface area contributed by atoms with Crippen molar-refractivity contribution in [1.29, 1.82) is 0 Å². The quantitative estimate of drug-likeness (QED) is 0.637. The summed E-state index contributed by atoms with van der Waals surface area (Å²) in [5.74, 6) is 0. The van der Waals surface area contributed by atoms with Gasteiger partial charge in [-0.2, -0.15) is 13.2 Å². The molecular weight excluding hydrogens is 173 g/mol. The first-order valence-electron chi connectivity index (χ1n) is 3.06. The minimum absolute atomic E-state index is 0.500. The molecule has 1 aromatic rings. The molecule has 0 spiro atoms. The van der Waals surface area contributed by atoms with Gasteiger partial charge in [-0.05, 0) is 0 Å². The van der Waals surface area contributed by atoms with Gasteiger partial charge in [-0.25, -0.2) is 4.98 Å². The second kappa shape index (κ2) is 2.96. The van der Waals surface area contributed by atoms with Crippen molar-refractivity contribution >= 4 is 0 Å². The van der Waals surface area contributed by atoms with Crippen LogP contribution in [0.4, 0.5) is 13.2 Å². The van der Waals surface area contributed by atoms with Gasteiger partial charge in [-0.1, -0.05) is 0 Å². The van der Waals surface area contributed by atoms with E-state index in [1.807, 2.05) is 0 Å². The van der Waals surface area contributed by atoms with Crippen molar-refractivity contribution in [3.8, 4) is 0 Å². The van der Waals surface area contributed by atoms with Gasteiger partial charge < -0.3 is 0 Å². The smallest absolute Gasteiger partial charge is 0.290 e. The molecule has 3 nitrogen and oxygen atoms in total. The molecule has 0 bridgehead atoms. The average molecular weight is 178 g/mol. The molecule has 1 heterocycles. The first-order valence-corrected chi connectivity index (χ1v) is 3.06. The third-order valence-electron chi connectivity index (χ3n) is 1.14. The number of aromatic nitrogens is 2. The number of alkyl halides is 3. The van der Waals surface area contributed by atoms with Crippen molar-refractivity contribution in [2.24, 2.45) is 0 Å². The molecule has 0 aliphatic rings. The molecule has 0 amide bonds. The van der Waals surface area contributed by atoms with E-state index < -0.39 is 18.3 Å². The third kappa shape index (κ3) is 2.37. The highest BCUT2D eigenvalue weighted by Crippen LogP contribution is 2.15. The number of halogens is 3. The van der Waals surface area contributed by atoms with Crippen LogP contribution in [0.2, 0.25) is 0 Å². The van der Waals surface area contributed by atoms with E-state index >= 15 is 0 Å². The van der Waals surface area contributed by atoms with Gasteiger partial charge in [0.2, 0.25) is 0 Å². The van der Waals surface area contributed by atoms with Gasteiger partial charge in [0.25, 0.3) is 5.56 Å². The van der Waals surface area contributed by atoms with Crippen LogP contribution in [-0.2, 0) is 6.54 Å². The fourth-order valence-electron chi connectivity index (χ4n) is 0.690. The van der Waals surface area contributed by atoms with E-state index in [0.717, 1.165) is 18.6 Å². The van der Waals surface area contributed by atoms with E-state index in [1.54, 1.807) is 0 Å². The number of hydrogen-bond donors (Lipinski definition) is 0. The predicted octanol–water partition coefficient (Wildman–Crippen LogP) is 0.806. The maximum Gasteiger partial charge on any atom is 0.406 e. The summed E-state index contributed by atoms with van der Waals surface area (Å²) in [6.07, 6.45) is -2.38. The average Bonchev–Trinajstić information content (AvgIpc) is 1.91. The summed E-state index contributed by atoms with van der Waals surface area (Å²) in [4.78, 5) is 14.1. The molecule has 0 aliphatic heterocycles. The van der Waals surface area contributed by atoms with Gasteiger partial charge >= 0.3 is 6.18 Å². The van der Waals surface area contributed by atoms with Crippen molar-refractivity contribution in [3.63, 3.8) is 0 Å². The summed E-state index contributed by atoms with van der Waals surface area (Å²) in [7, 11) is 0. The molecule has 0 N–H and O–H groups in total. The van der Waals surface area contributed by atoms with Crippen molar-refractivity contribution in [2.45, 2.75) is 12.7 Å². The standard InChI is InChI=1S/C6H5F3N2O/c7-6(8,9)3-11-4-10-2-1-5(11)12/h1-2,4H,3H2. The summed E-state index contributed by atoms with van der Waals surface area (Å²) in [5, 5.41) is 0. The van der Waals surface area contributed by atoms with Crippen molar-refractivity contribution in [2.75, 3.05) is 0 Å². The summed E-state index contributed by atoms with van der Waals surface area (Å²) in [5.41, 5.74) is -0.706. The molecule has 0 radical (unpaired) electrons. The summed E-state index contributed by atoms with van der Waals surface area (Å²) in [6.45, 7) is -1.29. The minimum atomic E-state index is -4.38. The van der Waals surface area contributed by atoms with Crippen LogP contribution in [0.3, 0.4) is 0 Å². The first kappa shape index (κ1) is 8.76. The Kier molecular flexibility index (Phi) is 2.16. The Morgan fingerprint density at radius 2 is 2.17 bits per heavy atom. The highest BCUT2D eigenvalue weighted by Gasteiger charge is 2.28. The number of hydrogen-bond acceptors (Lipinski definition) is 2. The van der Waals surface area contributed by atoms with Crippen LogP contribution in [0.5, 0.6) is 0 Å². The van der Waals surface area contributed by atoms with Gasteiger partial charge in [0.15, 0.2) is 0 Å². The van der Waals surface area contributed by atoms with E-state index in [2.05, 4.69) is 4.98 Å². The fourth-order valence-corrected chi connectivity index (χ4v) is 0.690. The zero-order chi connectivity index (χ0) is 9.19. The number of nitrogens with zero attached hydrogens (tertiary/aromatic N) is 2. The molecule has 0 atom stereocenters. The Hall–Kier alpha value is -1.33. The Labute approximate surface area is 65.5 Å². The molecule has 0 saturated heterocycles. The zero-order valence-corrected chi connectivity index (χ0v) is 5.88. The molecule has 12 heavy (non-hydrogen) atoms. The van der Waals surface area contributed by atoms with Gasteiger partial charge in [0.05, 0.1) is 6.33 Å². The first-order chi connectivity index (χ1) is 5.49. The van der Waals surface area contributed by atoms with Crippen LogP contribution in [0.25, 0.3) is 0 Å². The van der Waals surface area contributed by atoms with Crippen LogP contribution in [-0.4, -0.2) is 15.7 Å². The molecular formula is C6H5F3N2O. The SMILES string of the molecule is O=c1ccncn1CC(F)(F)F. The lowest BCUT2D eigenvalue weighted by atomic mass is 10.5. The second-order valence-corrected chi connectivity index (χ2v) is 2.16. The molecule has 66 valence electrons. The molecule has 0 aromatic carbocycles. The van der Waals surface area contributed by atoms with Crippen LogP contribution in [0.1, 0.15) is 0 Å². The van der Waals surface area contributed by atoms with Crippen LogP contribution >= 0.6 is 0 Å². The summed E-state index contributed by atoms with van der Waals surface area (Å²) < 4.78 is 35.7. The van der Waals surface area contributed by atoms with E-state index in [0.29, 0.717) is 4.57 Å². The lowest BCUT2D eigenvalue weighted by molar-refractivity contribution is -0.141. The predicted molar refractivity (Wildman–Crippen MR) is 34.6 cm³/mol. The highest BCUT2D eigenvalue weighted by molar-refractivity contribution is 4.82. The van der Waals surface area contributed by atoms with Gasteiger partial charge in [0.1, 0.15) is 6.54 Å². The summed E-state index contributed by atoms with van der Waals surface area (Å²) >= 11 is 0. The zero-order valence-electron chi connectivity index (χ0n) is 5.88. The van der Waals surface area contributed by atoms with E-state index in [4.69, 9.17) is 0 Å². The van der Waals surface area contributed by atoms with Crippen molar-refractivity contribution in [1.82, 2.24) is 9.55 Å². The topological polar surface area (TPSA) is 34.9 Å². The Morgan fingerprint density at radius 1 is 1.50 bits per heavy atom. The Balaban J connectivity index is 2.91. The van der Waals surface area contributed by atoms with E-state index in [-0.39, 0.29) is 0 Å². The Bertz CT molecular complexity index is 317. The third-order valence-corrected chi connectivity index (χ3v) is 1.14. The maximum absolute atomic E-state index is 11.7. The van der Waals surface area contributed by atoms with E-state index in [9.17, 15) is 18.0 Å². The molecule has 0 aliphatic carbocycles. The van der Waals surface area contributed by atoms with Crippen molar-refractivity contribution < 1.29 is 13.2 Å². The van der Waals surface area contributed by atoms with Gasteiger partial charge in [0, 0.05) is 12.3 Å². The van der Waals surface area contributed by atoms with Crippen LogP contribution in [0, 0.1) is 0 Å². The molecule has 6 heteroatoms. The van der Waals surface area contributed by atoms with Crippen molar-refractivity contribution in [3.05, 3.63) is 28.9 Å². The maximum atomic E-state index is 11.7. The lowest BCUT2D eigenvalue weighted by Crippen LogP contribution is -2.27. The number of rotatable bonds is 1. The molecule has 1 aromatic heterocycles. The Morgan fingerprint density at radius 3 is 2.67 bits per heavy atom. The second-order valence-electron chi connectivity index (χ2n) is 2.16. The lowest BCUT2D eigenvalue weighted by Gasteiger charge is -2.06. The minimum Gasteiger partial charge on any atom is -0.290 e. The normalized spacial score (nSPS) is 11.6. The molecule has 0 fully saturated rings. The van der Waals surface area contributed by atoms with Gasteiger partial charge in [-0.15, -0.1) is 0 Å². The largest absolute Gasteiger partial charge is 0.406 e. The fraction of sp³-hybridized carbons (Fsp3) is 0.333.